The van der Waals surface area contributed by atoms with Gasteiger partial charge in [-0.25, -0.2) is 4.79 Å². The summed E-state index contributed by atoms with van der Waals surface area (Å²) in [6.45, 7) is 0. The van der Waals surface area contributed by atoms with Crippen molar-refractivity contribution in [3.8, 4) is 0 Å². The van der Waals surface area contributed by atoms with Gasteiger partial charge in [0.25, 0.3) is 5.91 Å². The van der Waals surface area contributed by atoms with Gasteiger partial charge in [-0.15, -0.1) is 11.3 Å². The van der Waals surface area contributed by atoms with Crippen LogP contribution in [0, 0.1) is 0 Å². The molecule has 1 heterocycles. The second kappa shape index (κ2) is 10.4. The van der Waals surface area contributed by atoms with Crippen molar-refractivity contribution in [2.45, 2.75) is 24.9 Å². The maximum atomic E-state index is 13.0. The van der Waals surface area contributed by atoms with Gasteiger partial charge >= 0.3 is 5.97 Å². The van der Waals surface area contributed by atoms with E-state index in [-0.39, 0.29) is 18.7 Å². The molecular formula is C23H22N2O4S. The number of carboxylic acids is 1. The van der Waals surface area contributed by atoms with Gasteiger partial charge in [0.2, 0.25) is 5.91 Å². The summed E-state index contributed by atoms with van der Waals surface area (Å²) in [5.41, 5.74) is 1.66. The van der Waals surface area contributed by atoms with Crippen LogP contribution in [0.25, 0.3) is 0 Å². The molecule has 0 bridgehead atoms. The highest BCUT2D eigenvalue weighted by Crippen LogP contribution is 2.11. The van der Waals surface area contributed by atoms with E-state index in [2.05, 4.69) is 10.6 Å². The number of carboxylic acid groups (broad SMARTS) is 1. The van der Waals surface area contributed by atoms with Gasteiger partial charge in [-0.3, -0.25) is 9.59 Å². The minimum Gasteiger partial charge on any atom is -0.480 e. The molecule has 0 radical (unpaired) electrons. The third-order valence-corrected chi connectivity index (χ3v) is 5.42. The van der Waals surface area contributed by atoms with E-state index in [9.17, 15) is 19.5 Å². The van der Waals surface area contributed by atoms with Gasteiger partial charge in [-0.2, -0.15) is 0 Å². The molecule has 0 unspecified atom stereocenters. The van der Waals surface area contributed by atoms with Crippen molar-refractivity contribution in [2.24, 2.45) is 0 Å². The largest absolute Gasteiger partial charge is 0.480 e. The average molecular weight is 423 g/mol. The lowest BCUT2D eigenvalue weighted by atomic mass is 10.0. The zero-order valence-corrected chi connectivity index (χ0v) is 17.0. The number of benzene rings is 2. The SMILES string of the molecule is O=C(N[C@@H](Cc1ccccc1)C(=O)N[C@@H](Cc1ccccc1)C(=O)O)c1cccs1. The molecule has 1 aromatic heterocycles. The number of aliphatic carboxylic acids is 1. The van der Waals surface area contributed by atoms with Crippen molar-refractivity contribution in [3.05, 3.63) is 94.2 Å². The average Bonchev–Trinajstić information content (AvgIpc) is 3.29. The van der Waals surface area contributed by atoms with E-state index in [4.69, 9.17) is 0 Å². The third kappa shape index (κ3) is 6.02. The smallest absolute Gasteiger partial charge is 0.326 e. The first kappa shape index (κ1) is 21.3. The Kier molecular flexibility index (Phi) is 7.34. The van der Waals surface area contributed by atoms with Crippen LogP contribution >= 0.6 is 11.3 Å². The van der Waals surface area contributed by atoms with E-state index in [1.807, 2.05) is 60.7 Å². The van der Waals surface area contributed by atoms with E-state index in [0.717, 1.165) is 11.1 Å². The van der Waals surface area contributed by atoms with Crippen LogP contribution in [0.15, 0.2) is 78.2 Å². The second-order valence-electron chi connectivity index (χ2n) is 6.78. The minimum atomic E-state index is -1.13. The molecule has 3 N–H and O–H groups in total. The molecule has 3 rings (SSSR count). The van der Waals surface area contributed by atoms with E-state index < -0.39 is 24.0 Å². The zero-order chi connectivity index (χ0) is 21.3. The number of nitrogens with one attached hydrogen (secondary N) is 2. The van der Waals surface area contributed by atoms with E-state index in [1.54, 1.807) is 17.5 Å². The van der Waals surface area contributed by atoms with Gasteiger partial charge in [-0.05, 0) is 22.6 Å². The topological polar surface area (TPSA) is 95.5 Å². The number of thiophene rings is 1. The van der Waals surface area contributed by atoms with Gasteiger partial charge in [0.15, 0.2) is 0 Å². The fourth-order valence-corrected chi connectivity index (χ4v) is 3.65. The maximum absolute atomic E-state index is 13.0. The Morgan fingerprint density at radius 1 is 0.767 bits per heavy atom. The summed E-state index contributed by atoms with van der Waals surface area (Å²) in [7, 11) is 0. The van der Waals surface area contributed by atoms with Crippen LogP contribution < -0.4 is 10.6 Å². The van der Waals surface area contributed by atoms with Crippen LogP contribution in [0.3, 0.4) is 0 Å². The number of rotatable bonds is 9. The highest BCUT2D eigenvalue weighted by molar-refractivity contribution is 7.12. The van der Waals surface area contributed by atoms with Crippen LogP contribution in [0.1, 0.15) is 20.8 Å². The van der Waals surface area contributed by atoms with Gasteiger partial charge in [0.05, 0.1) is 4.88 Å². The van der Waals surface area contributed by atoms with Crippen LogP contribution in [0.4, 0.5) is 0 Å². The molecule has 0 saturated carbocycles. The monoisotopic (exact) mass is 422 g/mol. The van der Waals surface area contributed by atoms with Crippen molar-refractivity contribution in [2.75, 3.05) is 0 Å². The molecule has 2 atom stereocenters. The molecule has 3 aromatic rings. The summed E-state index contributed by atoms with van der Waals surface area (Å²) in [4.78, 5) is 37.7. The van der Waals surface area contributed by atoms with Gasteiger partial charge in [-0.1, -0.05) is 66.7 Å². The van der Waals surface area contributed by atoms with Gasteiger partial charge in [0, 0.05) is 12.8 Å². The van der Waals surface area contributed by atoms with Gasteiger partial charge < -0.3 is 15.7 Å². The summed E-state index contributed by atoms with van der Waals surface area (Å²) in [5, 5.41) is 16.7. The van der Waals surface area contributed by atoms with Crippen molar-refractivity contribution < 1.29 is 19.5 Å². The lowest BCUT2D eigenvalue weighted by molar-refractivity contribution is -0.142. The van der Waals surface area contributed by atoms with Crippen LogP contribution in [-0.2, 0) is 22.4 Å². The summed E-state index contributed by atoms with van der Waals surface area (Å²) >= 11 is 1.27. The molecule has 0 fully saturated rings. The minimum absolute atomic E-state index is 0.152. The predicted octanol–water partition coefficient (Wildman–Crippen LogP) is 2.90. The first-order valence-electron chi connectivity index (χ1n) is 9.48. The molecule has 154 valence electrons. The molecule has 6 nitrogen and oxygen atoms in total. The molecule has 7 heteroatoms. The number of hydrogen-bond acceptors (Lipinski definition) is 4. The van der Waals surface area contributed by atoms with E-state index in [0.29, 0.717) is 4.88 Å². The Hall–Kier alpha value is -3.45. The quantitative estimate of drug-likeness (QED) is 0.494. The molecule has 0 saturated heterocycles. The van der Waals surface area contributed by atoms with Crippen molar-refractivity contribution >= 4 is 29.1 Å². The van der Waals surface area contributed by atoms with Crippen molar-refractivity contribution in [3.63, 3.8) is 0 Å². The Morgan fingerprint density at radius 3 is 1.83 bits per heavy atom. The zero-order valence-electron chi connectivity index (χ0n) is 16.2. The highest BCUT2D eigenvalue weighted by atomic mass is 32.1. The Bertz CT molecular complexity index is 975. The number of carbonyl (C=O) groups excluding carboxylic acids is 2. The summed E-state index contributed by atoms with van der Waals surface area (Å²) in [6, 6.07) is 19.8. The van der Waals surface area contributed by atoms with E-state index in [1.165, 1.54) is 11.3 Å². The fraction of sp³-hybridized carbons (Fsp3) is 0.174. The Morgan fingerprint density at radius 2 is 1.33 bits per heavy atom. The lowest BCUT2D eigenvalue weighted by Gasteiger charge is -2.21. The van der Waals surface area contributed by atoms with Gasteiger partial charge in [0.1, 0.15) is 12.1 Å². The van der Waals surface area contributed by atoms with Crippen LogP contribution in [-0.4, -0.2) is 35.0 Å². The standard InChI is InChI=1S/C23H22N2O4S/c26-21(25-19(23(28)29)15-17-10-5-2-6-11-17)18(14-16-8-3-1-4-9-16)24-22(27)20-12-7-13-30-20/h1-13,18-19H,14-15H2,(H,24,27)(H,25,26)(H,28,29)/t18-,19-/m0/s1. The lowest BCUT2D eigenvalue weighted by Crippen LogP contribution is -2.53. The molecule has 2 amide bonds. The molecule has 0 aliphatic carbocycles. The van der Waals surface area contributed by atoms with Crippen LogP contribution in [0.5, 0.6) is 0 Å². The number of hydrogen-bond donors (Lipinski definition) is 3. The summed E-state index contributed by atoms with van der Waals surface area (Å²) in [5.74, 6) is -2.03. The second-order valence-corrected chi connectivity index (χ2v) is 7.73. The molecular weight excluding hydrogens is 400 g/mol. The normalized spacial score (nSPS) is 12.5. The Balaban J connectivity index is 1.75. The number of amides is 2. The molecule has 0 spiro atoms. The predicted molar refractivity (Wildman–Crippen MR) is 115 cm³/mol. The third-order valence-electron chi connectivity index (χ3n) is 4.55. The van der Waals surface area contributed by atoms with Crippen molar-refractivity contribution in [1.82, 2.24) is 10.6 Å². The highest BCUT2D eigenvalue weighted by Gasteiger charge is 2.27. The first-order valence-corrected chi connectivity index (χ1v) is 10.4. The molecule has 2 aromatic carbocycles. The Labute approximate surface area is 178 Å². The maximum Gasteiger partial charge on any atom is 0.326 e. The van der Waals surface area contributed by atoms with Crippen LogP contribution in [0.2, 0.25) is 0 Å². The number of carbonyl (C=O) groups is 3. The summed E-state index contributed by atoms with van der Waals surface area (Å²) < 4.78 is 0. The van der Waals surface area contributed by atoms with E-state index >= 15 is 0 Å². The molecule has 30 heavy (non-hydrogen) atoms. The summed E-state index contributed by atoms with van der Waals surface area (Å²) in [6.07, 6.45) is 0.403. The van der Waals surface area contributed by atoms with Crippen molar-refractivity contribution in [1.29, 1.82) is 0 Å². The fourth-order valence-electron chi connectivity index (χ4n) is 3.02. The first-order chi connectivity index (χ1) is 14.5. The molecule has 0 aliphatic heterocycles. The molecule has 0 aliphatic rings.